The maximum atomic E-state index is 6.16. The second kappa shape index (κ2) is 4.64. The molecule has 1 aromatic carbocycles. The summed E-state index contributed by atoms with van der Waals surface area (Å²) in [7, 11) is 0. The molecule has 0 bridgehead atoms. The molecule has 0 saturated heterocycles. The van der Waals surface area contributed by atoms with Crippen LogP contribution < -0.4 is 5.73 Å². The summed E-state index contributed by atoms with van der Waals surface area (Å²) < 4.78 is 0. The predicted octanol–water partition coefficient (Wildman–Crippen LogP) is 3.17. The Morgan fingerprint density at radius 3 is 2.50 bits per heavy atom. The van der Waals surface area contributed by atoms with Gasteiger partial charge in [0.25, 0.3) is 0 Å². The lowest BCUT2D eigenvalue weighted by atomic mass is 10.1. The molecule has 2 N–H and O–H groups in total. The van der Waals surface area contributed by atoms with Crippen molar-refractivity contribution < 1.29 is 0 Å². The Hall–Kier alpha value is -1.38. The molecule has 0 aliphatic rings. The van der Waals surface area contributed by atoms with Crippen molar-refractivity contribution in [1.29, 1.82) is 0 Å². The normalized spacial score (nSPS) is 10.4. The number of aryl methyl sites for hydroxylation is 1. The number of rotatable bonds is 2. The van der Waals surface area contributed by atoms with E-state index < -0.39 is 0 Å². The van der Waals surface area contributed by atoms with Crippen LogP contribution >= 0.6 is 11.6 Å². The first-order valence-corrected chi connectivity index (χ1v) is 5.50. The third-order valence-electron chi connectivity index (χ3n) is 2.46. The lowest BCUT2D eigenvalue weighted by Crippen LogP contribution is -1.97. The molecular weight excluding hydrogens is 220 g/mol. The van der Waals surface area contributed by atoms with E-state index in [0.717, 1.165) is 16.8 Å². The van der Waals surface area contributed by atoms with Gasteiger partial charge in [-0.25, -0.2) is 0 Å². The number of halogens is 1. The van der Waals surface area contributed by atoms with Crippen LogP contribution in [0.3, 0.4) is 0 Å². The van der Waals surface area contributed by atoms with Crippen LogP contribution in [0, 0.1) is 6.92 Å². The highest BCUT2D eigenvalue weighted by atomic mass is 35.5. The second-order valence-corrected chi connectivity index (χ2v) is 4.15. The maximum absolute atomic E-state index is 6.16. The number of pyridine rings is 1. The van der Waals surface area contributed by atoms with Crippen molar-refractivity contribution in [1.82, 2.24) is 4.98 Å². The second-order valence-electron chi connectivity index (χ2n) is 3.74. The molecule has 0 aliphatic heterocycles. The van der Waals surface area contributed by atoms with E-state index >= 15 is 0 Å². The van der Waals surface area contributed by atoms with Crippen LogP contribution in [0.4, 0.5) is 0 Å². The zero-order chi connectivity index (χ0) is 11.5. The Morgan fingerprint density at radius 1 is 1.25 bits per heavy atom. The maximum Gasteiger partial charge on any atom is 0.0888 e. The largest absolute Gasteiger partial charge is 0.326 e. The lowest BCUT2D eigenvalue weighted by Gasteiger charge is -2.05. The minimum absolute atomic E-state index is 0.459. The number of benzene rings is 1. The molecule has 1 heterocycles. The van der Waals surface area contributed by atoms with Crippen LogP contribution in [0.1, 0.15) is 11.1 Å². The molecule has 0 radical (unpaired) electrons. The summed E-state index contributed by atoms with van der Waals surface area (Å²) in [6, 6.07) is 10.00. The fourth-order valence-electron chi connectivity index (χ4n) is 1.51. The SMILES string of the molecule is Cc1ccc(-c2ncc(CN)cc2Cl)cc1. The van der Waals surface area contributed by atoms with Gasteiger partial charge >= 0.3 is 0 Å². The summed E-state index contributed by atoms with van der Waals surface area (Å²) in [5, 5.41) is 0.645. The minimum atomic E-state index is 0.459. The van der Waals surface area contributed by atoms with Crippen molar-refractivity contribution in [2.75, 3.05) is 0 Å². The lowest BCUT2D eigenvalue weighted by molar-refractivity contribution is 1.05. The molecule has 0 spiro atoms. The third-order valence-corrected chi connectivity index (χ3v) is 2.75. The summed E-state index contributed by atoms with van der Waals surface area (Å²) in [4.78, 5) is 4.34. The van der Waals surface area contributed by atoms with Gasteiger partial charge in [0, 0.05) is 18.3 Å². The summed E-state index contributed by atoms with van der Waals surface area (Å²) >= 11 is 6.16. The molecule has 1 aromatic heterocycles. The molecule has 0 fully saturated rings. The Bertz CT molecular complexity index is 492. The molecule has 2 aromatic rings. The fourth-order valence-corrected chi connectivity index (χ4v) is 1.81. The first-order valence-electron chi connectivity index (χ1n) is 5.12. The summed E-state index contributed by atoms with van der Waals surface area (Å²) in [6.07, 6.45) is 1.76. The number of aromatic nitrogens is 1. The summed E-state index contributed by atoms with van der Waals surface area (Å²) in [5.41, 5.74) is 9.53. The van der Waals surface area contributed by atoms with E-state index in [0.29, 0.717) is 11.6 Å². The zero-order valence-electron chi connectivity index (χ0n) is 9.07. The number of hydrogen-bond donors (Lipinski definition) is 1. The van der Waals surface area contributed by atoms with Crippen LogP contribution in [-0.2, 0) is 6.54 Å². The fraction of sp³-hybridized carbons (Fsp3) is 0.154. The van der Waals surface area contributed by atoms with Crippen molar-refractivity contribution in [3.05, 3.63) is 52.7 Å². The van der Waals surface area contributed by atoms with Gasteiger partial charge < -0.3 is 5.73 Å². The van der Waals surface area contributed by atoms with Crippen LogP contribution in [-0.4, -0.2) is 4.98 Å². The zero-order valence-corrected chi connectivity index (χ0v) is 9.83. The molecule has 0 saturated carbocycles. The predicted molar refractivity (Wildman–Crippen MR) is 67.3 cm³/mol. The summed E-state index contributed by atoms with van der Waals surface area (Å²) in [5.74, 6) is 0. The van der Waals surface area contributed by atoms with E-state index in [2.05, 4.69) is 11.9 Å². The standard InChI is InChI=1S/C13H13ClN2/c1-9-2-4-11(5-3-9)13-12(14)6-10(7-15)8-16-13/h2-6,8H,7,15H2,1H3. The van der Waals surface area contributed by atoms with Gasteiger partial charge in [-0.3, -0.25) is 4.98 Å². The molecule has 2 nitrogen and oxygen atoms in total. The van der Waals surface area contributed by atoms with Gasteiger partial charge in [0.2, 0.25) is 0 Å². The number of nitrogens with two attached hydrogens (primary N) is 1. The van der Waals surface area contributed by atoms with E-state index in [1.807, 2.05) is 30.3 Å². The van der Waals surface area contributed by atoms with E-state index in [1.54, 1.807) is 6.20 Å². The molecule has 0 aliphatic carbocycles. The number of hydrogen-bond acceptors (Lipinski definition) is 2. The van der Waals surface area contributed by atoms with Crippen molar-refractivity contribution in [2.45, 2.75) is 13.5 Å². The van der Waals surface area contributed by atoms with Crippen LogP contribution in [0.2, 0.25) is 5.02 Å². The monoisotopic (exact) mass is 232 g/mol. The first-order chi connectivity index (χ1) is 7.70. The van der Waals surface area contributed by atoms with Crippen LogP contribution in [0.25, 0.3) is 11.3 Å². The minimum Gasteiger partial charge on any atom is -0.326 e. The van der Waals surface area contributed by atoms with Gasteiger partial charge in [-0.1, -0.05) is 41.4 Å². The molecular formula is C13H13ClN2. The summed E-state index contributed by atoms with van der Waals surface area (Å²) in [6.45, 7) is 2.51. The van der Waals surface area contributed by atoms with Crippen molar-refractivity contribution >= 4 is 11.6 Å². The Balaban J connectivity index is 2.44. The van der Waals surface area contributed by atoms with Crippen molar-refractivity contribution in [3.63, 3.8) is 0 Å². The van der Waals surface area contributed by atoms with Gasteiger partial charge in [0.05, 0.1) is 10.7 Å². The average Bonchev–Trinajstić information content (AvgIpc) is 2.30. The average molecular weight is 233 g/mol. The van der Waals surface area contributed by atoms with Gasteiger partial charge in [-0.15, -0.1) is 0 Å². The molecule has 16 heavy (non-hydrogen) atoms. The number of nitrogens with zero attached hydrogens (tertiary/aromatic N) is 1. The highest BCUT2D eigenvalue weighted by molar-refractivity contribution is 6.33. The third kappa shape index (κ3) is 2.23. The molecule has 3 heteroatoms. The Morgan fingerprint density at radius 2 is 1.94 bits per heavy atom. The van der Waals surface area contributed by atoms with E-state index in [-0.39, 0.29) is 0 Å². The van der Waals surface area contributed by atoms with Crippen LogP contribution in [0.15, 0.2) is 36.5 Å². The van der Waals surface area contributed by atoms with Gasteiger partial charge in [-0.2, -0.15) is 0 Å². The van der Waals surface area contributed by atoms with E-state index in [1.165, 1.54) is 5.56 Å². The molecule has 0 atom stereocenters. The van der Waals surface area contributed by atoms with E-state index in [4.69, 9.17) is 17.3 Å². The Kier molecular flexibility index (Phi) is 3.22. The van der Waals surface area contributed by atoms with Crippen LogP contribution in [0.5, 0.6) is 0 Å². The topological polar surface area (TPSA) is 38.9 Å². The van der Waals surface area contributed by atoms with E-state index in [9.17, 15) is 0 Å². The molecule has 2 rings (SSSR count). The first kappa shape index (κ1) is 11.1. The molecule has 0 unspecified atom stereocenters. The molecule has 82 valence electrons. The van der Waals surface area contributed by atoms with Gasteiger partial charge in [0.15, 0.2) is 0 Å². The highest BCUT2D eigenvalue weighted by Crippen LogP contribution is 2.26. The quantitative estimate of drug-likeness (QED) is 0.864. The smallest absolute Gasteiger partial charge is 0.0888 e. The van der Waals surface area contributed by atoms with Gasteiger partial charge in [-0.05, 0) is 18.6 Å². The Labute approximate surface area is 100 Å². The van der Waals surface area contributed by atoms with Gasteiger partial charge in [0.1, 0.15) is 0 Å². The molecule has 0 amide bonds. The highest BCUT2D eigenvalue weighted by Gasteiger charge is 2.05. The van der Waals surface area contributed by atoms with Crippen molar-refractivity contribution in [3.8, 4) is 11.3 Å². The van der Waals surface area contributed by atoms with Crippen molar-refractivity contribution in [2.24, 2.45) is 5.73 Å².